The minimum absolute atomic E-state index is 0.104. The maximum atomic E-state index is 11.4. The predicted octanol–water partition coefficient (Wildman–Crippen LogP) is 7.58. The van der Waals surface area contributed by atoms with Crippen LogP contribution in [0.2, 0.25) is 0 Å². The second-order valence-corrected chi connectivity index (χ2v) is 15.2. The average Bonchev–Trinajstić information content (AvgIpc) is 3.79. The molecule has 264 valence electrons. The molecule has 1 fully saturated rings. The first-order valence-electron chi connectivity index (χ1n) is 18.7. The number of fused-ring (bicyclic) bond motifs is 6. The summed E-state index contributed by atoms with van der Waals surface area (Å²) >= 11 is 0. The fourth-order valence-corrected chi connectivity index (χ4v) is 8.74. The number of nitrogens with zero attached hydrogens (tertiary/aromatic N) is 1. The summed E-state index contributed by atoms with van der Waals surface area (Å²) < 4.78 is 15.4. The van der Waals surface area contributed by atoms with E-state index in [0.29, 0.717) is 31.6 Å². The van der Waals surface area contributed by atoms with Crippen LogP contribution in [0.3, 0.4) is 0 Å². The number of dihydropyridines is 1. The zero-order chi connectivity index (χ0) is 35.0. The van der Waals surface area contributed by atoms with Crippen molar-refractivity contribution in [2.45, 2.75) is 96.1 Å². The molecule has 4 heterocycles. The van der Waals surface area contributed by atoms with Crippen LogP contribution in [0.1, 0.15) is 80.5 Å². The number of aliphatic hydroxyl groups is 1. The van der Waals surface area contributed by atoms with Crippen molar-refractivity contribution in [1.29, 1.82) is 0 Å². The summed E-state index contributed by atoms with van der Waals surface area (Å²) in [7, 11) is 0. The lowest BCUT2D eigenvalue weighted by molar-refractivity contribution is 0.00805. The number of phenolic OH excluding ortho intramolecular Hbond substituents is 1. The number of ether oxygens (including phenoxy) is 2. The lowest BCUT2D eigenvalue weighted by Gasteiger charge is -2.34. The number of phenols is 1. The molecule has 5 N–H and O–H groups in total. The van der Waals surface area contributed by atoms with Gasteiger partial charge in [0, 0.05) is 40.2 Å². The van der Waals surface area contributed by atoms with E-state index in [1.54, 1.807) is 6.07 Å². The summed E-state index contributed by atoms with van der Waals surface area (Å²) in [4.78, 5) is 0. The van der Waals surface area contributed by atoms with Crippen LogP contribution in [0.4, 0.5) is 0 Å². The number of hydrogen-bond acceptors (Lipinski definition) is 6. The second kappa shape index (κ2) is 14.3. The van der Waals surface area contributed by atoms with Crippen molar-refractivity contribution in [1.82, 2.24) is 9.88 Å². The average molecular weight is 684 g/mol. The third-order valence-electron chi connectivity index (χ3n) is 11.8. The van der Waals surface area contributed by atoms with Gasteiger partial charge in [0.25, 0.3) is 0 Å². The molecule has 7 nitrogen and oxygen atoms in total. The van der Waals surface area contributed by atoms with Gasteiger partial charge >= 0.3 is 0 Å². The van der Waals surface area contributed by atoms with Gasteiger partial charge in [0.15, 0.2) is 11.5 Å². The third kappa shape index (κ3) is 7.19. The number of rotatable bonds is 2. The minimum atomic E-state index is -0.529. The molecule has 4 aliphatic rings. The topological polar surface area (TPSA) is 102 Å². The van der Waals surface area contributed by atoms with E-state index in [1.165, 1.54) is 36.8 Å². The molecule has 7 heteroatoms. The van der Waals surface area contributed by atoms with E-state index in [9.17, 15) is 10.2 Å². The zero-order valence-corrected chi connectivity index (χ0v) is 29.5. The fraction of sp³-hybridized carbons (Fsp3) is 0.409. The first kappa shape index (κ1) is 33.7. The van der Waals surface area contributed by atoms with Crippen LogP contribution in [0.15, 0.2) is 90.3 Å². The van der Waals surface area contributed by atoms with Gasteiger partial charge in [0.1, 0.15) is 12.4 Å². The molecule has 1 saturated carbocycles. The molecule has 1 spiro atoms. The number of nitrogens with two attached hydrogens (primary N) is 1. The number of aliphatic hydroxyl groups excluding tert-OH is 1. The van der Waals surface area contributed by atoms with Gasteiger partial charge in [-0.05, 0) is 103 Å². The molecule has 0 radical (unpaired) electrons. The van der Waals surface area contributed by atoms with Gasteiger partial charge in [-0.15, -0.1) is 0 Å². The highest BCUT2D eigenvalue weighted by atomic mass is 16.5. The molecule has 3 aromatic carbocycles. The van der Waals surface area contributed by atoms with Crippen molar-refractivity contribution in [2.24, 2.45) is 17.1 Å². The molecule has 0 amide bonds. The van der Waals surface area contributed by atoms with Gasteiger partial charge < -0.3 is 35.3 Å². The van der Waals surface area contributed by atoms with Crippen LogP contribution in [-0.2, 0) is 24.2 Å². The molecule has 4 aromatic rings. The predicted molar refractivity (Wildman–Crippen MR) is 202 cm³/mol. The summed E-state index contributed by atoms with van der Waals surface area (Å²) in [5.41, 5.74) is 13.2. The number of benzene rings is 3. The summed E-state index contributed by atoms with van der Waals surface area (Å²) in [6.07, 6.45) is 14.6. The van der Waals surface area contributed by atoms with E-state index in [-0.39, 0.29) is 29.8 Å². The monoisotopic (exact) mass is 683 g/mol. The summed E-state index contributed by atoms with van der Waals surface area (Å²) in [5.74, 6) is 8.94. The molecule has 1 unspecified atom stereocenters. The Hall–Kier alpha value is -4.48. The van der Waals surface area contributed by atoms with Crippen molar-refractivity contribution < 1.29 is 19.7 Å². The Bertz CT molecular complexity index is 2030. The molecule has 1 aliphatic carbocycles. The van der Waals surface area contributed by atoms with Crippen LogP contribution >= 0.6 is 0 Å². The van der Waals surface area contributed by atoms with Crippen LogP contribution in [0.5, 0.6) is 11.5 Å². The largest absolute Gasteiger partial charge is 0.504 e. The Kier molecular flexibility index (Phi) is 9.41. The molecule has 1 aromatic heterocycles. The zero-order valence-electron chi connectivity index (χ0n) is 29.5. The Balaban J connectivity index is 1.27. The summed E-state index contributed by atoms with van der Waals surface area (Å²) in [5, 5.41) is 27.9. The van der Waals surface area contributed by atoms with E-state index < -0.39 is 12.3 Å². The normalized spacial score (nSPS) is 24.9. The molecular weight excluding hydrogens is 635 g/mol. The second-order valence-electron chi connectivity index (χ2n) is 15.2. The van der Waals surface area contributed by atoms with Gasteiger partial charge in [-0.3, -0.25) is 0 Å². The van der Waals surface area contributed by atoms with Crippen LogP contribution < -0.4 is 15.8 Å². The molecular formula is C44H49N3O4. The van der Waals surface area contributed by atoms with E-state index in [0.717, 1.165) is 58.1 Å². The molecule has 3 aliphatic heterocycles. The smallest absolute Gasteiger partial charge is 0.161 e. The number of aromatic hydroxyl groups is 1. The Morgan fingerprint density at radius 1 is 0.980 bits per heavy atom. The summed E-state index contributed by atoms with van der Waals surface area (Å²) in [6, 6.07) is 20.5. The van der Waals surface area contributed by atoms with Gasteiger partial charge in [0.05, 0.1) is 25.0 Å². The van der Waals surface area contributed by atoms with Crippen molar-refractivity contribution in [3.63, 3.8) is 0 Å². The Morgan fingerprint density at radius 3 is 2.67 bits per heavy atom. The van der Waals surface area contributed by atoms with E-state index >= 15 is 0 Å². The van der Waals surface area contributed by atoms with Crippen molar-refractivity contribution in [2.75, 3.05) is 6.61 Å². The molecule has 6 bridgehead atoms. The number of nitrogens with one attached hydrogen (secondary N) is 1. The first-order valence-corrected chi connectivity index (χ1v) is 18.7. The molecule has 51 heavy (non-hydrogen) atoms. The number of aryl methyl sites for hydroxylation is 1. The highest BCUT2D eigenvalue weighted by Crippen LogP contribution is 2.48. The van der Waals surface area contributed by atoms with Gasteiger partial charge in [0.2, 0.25) is 0 Å². The SMILES string of the molecule is C[C@H]1C#CC2=CC(N)NC3=C2CO[C@@H](CCC12CCCC2)C[C@H](O)CCc1ccc(O)c(c1)OCc1cc(Cc2ccccc2)cc2cn3cc12. The van der Waals surface area contributed by atoms with E-state index in [1.807, 2.05) is 24.3 Å². The number of hydrogen-bond donors (Lipinski definition) is 4. The fourth-order valence-electron chi connectivity index (χ4n) is 8.74. The number of aromatic nitrogens is 1. The van der Waals surface area contributed by atoms with Gasteiger partial charge in [-0.25, -0.2) is 0 Å². The molecule has 0 saturated heterocycles. The Labute approximate surface area is 301 Å². The summed E-state index contributed by atoms with van der Waals surface area (Å²) in [6.45, 7) is 2.94. The standard InChI is InChI=1S/C44H49N3O4/c1-29-9-12-33-23-42(45)46-43-39(33)28-50-37(15-18-44(29)16-5-6-17-44)24-36(48)13-10-31-11-14-40(49)41(22-31)51-27-35-21-32(19-30-7-3-2-4-8-30)20-34-25-47(43)26-38(34)35/h2-4,7-8,11,14,20-23,25-26,29,36-37,42,46,48-49H,5-6,10,13,15-19,24,27-28,45H2,1H3/t29-,36+,37-,42?/m0/s1. The highest BCUT2D eigenvalue weighted by Gasteiger charge is 2.39. The van der Waals surface area contributed by atoms with Crippen molar-refractivity contribution in [3.05, 3.63) is 113 Å². The van der Waals surface area contributed by atoms with E-state index in [2.05, 4.69) is 77.4 Å². The van der Waals surface area contributed by atoms with Crippen LogP contribution in [0, 0.1) is 23.2 Å². The van der Waals surface area contributed by atoms with Crippen molar-refractivity contribution >= 4 is 16.6 Å². The molecule has 4 atom stereocenters. The van der Waals surface area contributed by atoms with Crippen molar-refractivity contribution in [3.8, 4) is 23.3 Å². The third-order valence-corrected chi connectivity index (χ3v) is 11.8. The first-order chi connectivity index (χ1) is 24.8. The maximum absolute atomic E-state index is 11.4. The van der Waals surface area contributed by atoms with Gasteiger partial charge in [-0.1, -0.05) is 74.1 Å². The van der Waals surface area contributed by atoms with E-state index in [4.69, 9.17) is 15.2 Å². The van der Waals surface area contributed by atoms with Gasteiger partial charge in [-0.2, -0.15) is 0 Å². The maximum Gasteiger partial charge on any atom is 0.161 e. The van der Waals surface area contributed by atoms with Crippen LogP contribution in [0.25, 0.3) is 16.6 Å². The lowest BCUT2D eigenvalue weighted by Crippen LogP contribution is -2.40. The lowest BCUT2D eigenvalue weighted by atomic mass is 9.71. The minimum Gasteiger partial charge on any atom is -0.504 e. The highest BCUT2D eigenvalue weighted by molar-refractivity contribution is 5.88. The molecule has 8 rings (SSSR count). The Morgan fingerprint density at radius 2 is 1.82 bits per heavy atom. The quantitative estimate of drug-likeness (QED) is 0.163. The van der Waals surface area contributed by atoms with Crippen LogP contribution in [-0.4, -0.2) is 39.8 Å².